The molecule has 148 valence electrons. The summed E-state index contributed by atoms with van der Waals surface area (Å²) in [6, 6.07) is 9.70. The van der Waals surface area contributed by atoms with Crippen LogP contribution in [0.25, 0.3) is 6.08 Å². The quantitative estimate of drug-likeness (QED) is 0.509. The number of carbonyl (C=O) groups excluding carboxylic acids is 1. The van der Waals surface area contributed by atoms with Crippen LogP contribution in [0, 0.1) is 31.0 Å². The van der Waals surface area contributed by atoms with E-state index in [1.54, 1.807) is 13.1 Å². The van der Waals surface area contributed by atoms with Gasteiger partial charge >= 0.3 is 0 Å². The molecule has 0 aliphatic rings. The van der Waals surface area contributed by atoms with Crippen LogP contribution in [0.15, 0.2) is 35.9 Å². The Morgan fingerprint density at radius 2 is 2.00 bits per heavy atom. The normalized spacial score (nSPS) is 11.2. The maximum Gasteiger partial charge on any atom is 0.264 e. The SMILES string of the molecule is CCCn1c(C)cc(/C=C(\C#N)C(=O)N(C)CCOc2ccc(F)cc2)c1C. The lowest BCUT2D eigenvalue weighted by Gasteiger charge is -2.17. The van der Waals surface area contributed by atoms with Gasteiger partial charge in [0.1, 0.15) is 29.8 Å². The van der Waals surface area contributed by atoms with Crippen molar-refractivity contribution in [2.24, 2.45) is 0 Å². The molecule has 1 heterocycles. The van der Waals surface area contributed by atoms with E-state index in [-0.39, 0.29) is 23.9 Å². The second kappa shape index (κ2) is 9.75. The summed E-state index contributed by atoms with van der Waals surface area (Å²) in [6.07, 6.45) is 2.66. The highest BCUT2D eigenvalue weighted by atomic mass is 19.1. The molecule has 0 fully saturated rings. The third kappa shape index (κ3) is 5.23. The van der Waals surface area contributed by atoms with Crippen molar-refractivity contribution in [1.82, 2.24) is 9.47 Å². The first-order valence-corrected chi connectivity index (χ1v) is 9.29. The number of nitriles is 1. The number of rotatable bonds is 8. The van der Waals surface area contributed by atoms with Gasteiger partial charge in [-0.3, -0.25) is 4.79 Å². The summed E-state index contributed by atoms with van der Waals surface area (Å²) in [4.78, 5) is 14.1. The Labute approximate surface area is 165 Å². The second-order valence-electron chi connectivity index (χ2n) is 6.68. The molecule has 5 nitrogen and oxygen atoms in total. The Morgan fingerprint density at radius 3 is 2.61 bits per heavy atom. The van der Waals surface area contributed by atoms with Crippen molar-refractivity contribution in [3.8, 4) is 11.8 Å². The average molecular weight is 383 g/mol. The summed E-state index contributed by atoms with van der Waals surface area (Å²) < 4.78 is 20.6. The van der Waals surface area contributed by atoms with Crippen LogP contribution in [0.2, 0.25) is 0 Å². The molecule has 0 aliphatic heterocycles. The number of hydrogen-bond donors (Lipinski definition) is 0. The number of aryl methyl sites for hydroxylation is 1. The monoisotopic (exact) mass is 383 g/mol. The van der Waals surface area contributed by atoms with E-state index in [2.05, 4.69) is 11.5 Å². The van der Waals surface area contributed by atoms with Gasteiger partial charge in [-0.15, -0.1) is 0 Å². The number of halogens is 1. The summed E-state index contributed by atoms with van der Waals surface area (Å²) in [5.41, 5.74) is 3.12. The predicted octanol–water partition coefficient (Wildman–Crippen LogP) is 4.10. The molecule has 6 heteroatoms. The molecular formula is C22H26FN3O2. The molecule has 0 aliphatic carbocycles. The van der Waals surface area contributed by atoms with Gasteiger partial charge in [0.25, 0.3) is 5.91 Å². The van der Waals surface area contributed by atoms with Crippen molar-refractivity contribution in [3.63, 3.8) is 0 Å². The zero-order chi connectivity index (χ0) is 20.7. The maximum absolute atomic E-state index is 12.9. The van der Waals surface area contributed by atoms with Gasteiger partial charge in [0, 0.05) is 25.0 Å². The van der Waals surface area contributed by atoms with Crippen molar-refractivity contribution in [2.45, 2.75) is 33.7 Å². The fraction of sp³-hybridized carbons (Fsp3) is 0.364. The smallest absolute Gasteiger partial charge is 0.264 e. The van der Waals surface area contributed by atoms with Crippen LogP contribution in [-0.2, 0) is 11.3 Å². The molecule has 2 rings (SSSR count). The van der Waals surface area contributed by atoms with Gasteiger partial charge in [-0.25, -0.2) is 4.39 Å². The first-order chi connectivity index (χ1) is 13.4. The van der Waals surface area contributed by atoms with Crippen LogP contribution in [0.5, 0.6) is 5.75 Å². The molecule has 0 N–H and O–H groups in total. The number of carbonyl (C=O) groups is 1. The highest BCUT2D eigenvalue weighted by Gasteiger charge is 2.16. The molecule has 2 aromatic rings. The number of likely N-dealkylation sites (N-methyl/N-ethyl adjacent to an activating group) is 1. The lowest BCUT2D eigenvalue weighted by atomic mass is 10.1. The fourth-order valence-corrected chi connectivity index (χ4v) is 2.98. The van der Waals surface area contributed by atoms with Crippen LogP contribution in [0.3, 0.4) is 0 Å². The minimum absolute atomic E-state index is 0.0843. The molecule has 0 saturated carbocycles. The third-order valence-corrected chi connectivity index (χ3v) is 4.57. The van der Waals surface area contributed by atoms with Crippen molar-refractivity contribution < 1.29 is 13.9 Å². The van der Waals surface area contributed by atoms with Crippen LogP contribution >= 0.6 is 0 Å². The van der Waals surface area contributed by atoms with Crippen LogP contribution in [0.1, 0.15) is 30.3 Å². The van der Waals surface area contributed by atoms with E-state index in [4.69, 9.17) is 4.74 Å². The number of nitrogens with zero attached hydrogens (tertiary/aromatic N) is 3. The van der Waals surface area contributed by atoms with Crippen molar-refractivity contribution in [3.05, 3.63) is 58.7 Å². The molecule has 0 bridgehead atoms. The molecule has 28 heavy (non-hydrogen) atoms. The Morgan fingerprint density at radius 1 is 1.32 bits per heavy atom. The summed E-state index contributed by atoms with van der Waals surface area (Å²) >= 11 is 0. The summed E-state index contributed by atoms with van der Waals surface area (Å²) in [5, 5.41) is 9.47. The topological polar surface area (TPSA) is 58.3 Å². The molecule has 1 aromatic carbocycles. The molecule has 0 spiro atoms. The van der Waals surface area contributed by atoms with Gasteiger partial charge in [0.15, 0.2) is 0 Å². The lowest BCUT2D eigenvalue weighted by molar-refractivity contribution is -0.125. The van der Waals surface area contributed by atoms with Crippen LogP contribution in [0.4, 0.5) is 4.39 Å². The van der Waals surface area contributed by atoms with Crippen LogP contribution < -0.4 is 4.74 Å². The summed E-state index contributed by atoms with van der Waals surface area (Å²) in [7, 11) is 1.63. The second-order valence-corrected chi connectivity index (χ2v) is 6.68. The lowest BCUT2D eigenvalue weighted by Crippen LogP contribution is -2.31. The summed E-state index contributed by atoms with van der Waals surface area (Å²) in [5.74, 6) is -0.158. The van der Waals surface area contributed by atoms with E-state index in [1.165, 1.54) is 29.2 Å². The van der Waals surface area contributed by atoms with E-state index >= 15 is 0 Å². The van der Waals surface area contributed by atoms with Crippen molar-refractivity contribution in [1.29, 1.82) is 5.26 Å². The van der Waals surface area contributed by atoms with Gasteiger partial charge in [-0.1, -0.05) is 6.92 Å². The number of aromatic nitrogens is 1. The number of amides is 1. The van der Waals surface area contributed by atoms with Gasteiger partial charge in [-0.05, 0) is 62.2 Å². The Kier molecular flexibility index (Phi) is 7.39. The van der Waals surface area contributed by atoms with E-state index in [1.807, 2.05) is 26.0 Å². The first-order valence-electron chi connectivity index (χ1n) is 9.29. The van der Waals surface area contributed by atoms with Crippen molar-refractivity contribution >= 4 is 12.0 Å². The zero-order valence-corrected chi connectivity index (χ0v) is 16.8. The van der Waals surface area contributed by atoms with Gasteiger partial charge < -0.3 is 14.2 Å². The Hall–Kier alpha value is -3.07. The summed E-state index contributed by atoms with van der Waals surface area (Å²) in [6.45, 7) is 7.59. The van der Waals surface area contributed by atoms with E-state index < -0.39 is 0 Å². The molecule has 0 unspecified atom stereocenters. The molecule has 0 saturated heterocycles. The maximum atomic E-state index is 12.9. The Balaban J connectivity index is 2.03. The highest BCUT2D eigenvalue weighted by Crippen LogP contribution is 2.19. The third-order valence-electron chi connectivity index (χ3n) is 4.57. The Bertz CT molecular complexity index is 892. The zero-order valence-electron chi connectivity index (χ0n) is 16.8. The van der Waals surface area contributed by atoms with Gasteiger partial charge in [0.05, 0.1) is 6.54 Å². The van der Waals surface area contributed by atoms with Gasteiger partial charge in [-0.2, -0.15) is 5.26 Å². The van der Waals surface area contributed by atoms with E-state index in [0.717, 1.165) is 29.9 Å². The number of ether oxygens (including phenoxy) is 1. The molecule has 1 aromatic heterocycles. The number of hydrogen-bond acceptors (Lipinski definition) is 3. The van der Waals surface area contributed by atoms with Crippen LogP contribution in [-0.4, -0.2) is 35.6 Å². The first kappa shape index (κ1) is 21.2. The highest BCUT2D eigenvalue weighted by molar-refractivity contribution is 6.01. The van der Waals surface area contributed by atoms with E-state index in [0.29, 0.717) is 12.3 Å². The molecule has 0 radical (unpaired) electrons. The molecular weight excluding hydrogens is 357 g/mol. The molecule has 1 amide bonds. The van der Waals surface area contributed by atoms with Gasteiger partial charge in [0.2, 0.25) is 0 Å². The fourth-order valence-electron chi connectivity index (χ4n) is 2.98. The minimum Gasteiger partial charge on any atom is -0.492 e. The minimum atomic E-state index is -0.356. The average Bonchev–Trinajstić information content (AvgIpc) is 2.94. The standard InChI is InChI=1S/C22H26FN3O2/c1-5-10-26-16(2)13-18(17(26)3)14-19(15-24)22(27)25(4)11-12-28-21-8-6-20(23)7-9-21/h6-9,13-14H,5,10-12H2,1-4H3/b19-14+. The molecule has 0 atom stereocenters. The number of benzene rings is 1. The predicted molar refractivity (Wildman–Crippen MR) is 107 cm³/mol. The van der Waals surface area contributed by atoms with Crippen molar-refractivity contribution in [2.75, 3.05) is 20.2 Å². The largest absolute Gasteiger partial charge is 0.492 e. The van der Waals surface area contributed by atoms with E-state index in [9.17, 15) is 14.4 Å².